The first-order chi connectivity index (χ1) is 10.0. The number of pyridine rings is 1. The highest BCUT2D eigenvalue weighted by atomic mass is 35.5. The Kier molecular flexibility index (Phi) is 4.75. The Bertz CT molecular complexity index is 663. The number of hydrogen-bond donors (Lipinski definition) is 1. The van der Waals surface area contributed by atoms with E-state index >= 15 is 0 Å². The lowest BCUT2D eigenvalue weighted by molar-refractivity contribution is 0.0993. The van der Waals surface area contributed by atoms with Gasteiger partial charge in [0.2, 0.25) is 0 Å². The normalized spacial score (nSPS) is 10.3. The molecule has 1 amide bonds. The molecule has 1 heterocycles. The first kappa shape index (κ1) is 15.3. The van der Waals surface area contributed by atoms with Gasteiger partial charge in [0, 0.05) is 24.8 Å². The van der Waals surface area contributed by atoms with Crippen LogP contribution in [0.3, 0.4) is 0 Å². The highest BCUT2D eigenvalue weighted by molar-refractivity contribution is 6.30. The second kappa shape index (κ2) is 6.54. The first-order valence-electron chi connectivity index (χ1n) is 6.46. The third kappa shape index (κ3) is 3.70. The Hall–Kier alpha value is -2.14. The van der Waals surface area contributed by atoms with Gasteiger partial charge in [-0.15, -0.1) is 0 Å². The summed E-state index contributed by atoms with van der Waals surface area (Å²) in [7, 11) is 1.58. The summed E-state index contributed by atoms with van der Waals surface area (Å²) in [5.41, 5.74) is 0.857. The molecule has 1 aromatic carbocycles. The zero-order valence-corrected chi connectivity index (χ0v) is 12.5. The number of nitrogens with zero attached hydrogens (tertiary/aromatic N) is 2. The number of amides is 1. The van der Waals surface area contributed by atoms with Gasteiger partial charge in [0.25, 0.3) is 5.91 Å². The van der Waals surface area contributed by atoms with Crippen LogP contribution in [-0.4, -0.2) is 24.5 Å². The Morgan fingerprint density at radius 1 is 1.38 bits per heavy atom. The van der Waals surface area contributed by atoms with Crippen LogP contribution in [0.15, 0.2) is 36.4 Å². The maximum Gasteiger partial charge on any atom is 0.258 e. The lowest BCUT2D eigenvalue weighted by Crippen LogP contribution is -2.26. The van der Waals surface area contributed by atoms with E-state index in [2.05, 4.69) is 10.3 Å². The van der Waals surface area contributed by atoms with Crippen molar-refractivity contribution in [3.8, 4) is 0 Å². The maximum absolute atomic E-state index is 13.2. The van der Waals surface area contributed by atoms with E-state index in [4.69, 9.17) is 11.6 Å². The average molecular weight is 308 g/mol. The molecule has 0 saturated carbocycles. The fraction of sp³-hybridized carbons (Fsp3) is 0.200. The standard InChI is InChI=1S/C15H15ClFN3O/c1-3-18-14-8-10(7-13(16)19-14)15(21)20(2)12-6-4-5-11(17)9-12/h4-9H,3H2,1-2H3,(H,18,19). The molecule has 0 fully saturated rings. The van der Waals surface area contributed by atoms with E-state index in [9.17, 15) is 9.18 Å². The average Bonchev–Trinajstić information content (AvgIpc) is 2.45. The first-order valence-corrected chi connectivity index (χ1v) is 6.84. The summed E-state index contributed by atoms with van der Waals surface area (Å²) >= 11 is 5.92. The summed E-state index contributed by atoms with van der Waals surface area (Å²) in [5, 5.41) is 3.23. The molecule has 1 N–H and O–H groups in total. The number of aromatic nitrogens is 1. The van der Waals surface area contributed by atoms with Crippen molar-refractivity contribution in [3.63, 3.8) is 0 Å². The predicted molar refractivity (Wildman–Crippen MR) is 82.5 cm³/mol. The maximum atomic E-state index is 13.2. The van der Waals surface area contributed by atoms with Gasteiger partial charge in [0.1, 0.15) is 16.8 Å². The number of anilines is 2. The second-order valence-corrected chi connectivity index (χ2v) is 4.83. The molecular weight excluding hydrogens is 293 g/mol. The minimum absolute atomic E-state index is 0.226. The van der Waals surface area contributed by atoms with Crippen molar-refractivity contribution in [2.75, 3.05) is 23.8 Å². The number of carbonyl (C=O) groups excluding carboxylic acids is 1. The fourth-order valence-electron chi connectivity index (χ4n) is 1.89. The number of benzene rings is 1. The number of hydrogen-bond acceptors (Lipinski definition) is 3. The minimum atomic E-state index is -0.395. The molecule has 0 saturated heterocycles. The van der Waals surface area contributed by atoms with Crippen molar-refractivity contribution in [2.45, 2.75) is 6.92 Å². The van der Waals surface area contributed by atoms with Gasteiger partial charge >= 0.3 is 0 Å². The van der Waals surface area contributed by atoms with Crippen LogP contribution in [0, 0.1) is 5.82 Å². The SMILES string of the molecule is CCNc1cc(C(=O)N(C)c2cccc(F)c2)cc(Cl)n1. The van der Waals surface area contributed by atoms with Crippen molar-refractivity contribution in [3.05, 3.63) is 52.9 Å². The van der Waals surface area contributed by atoms with E-state index in [0.717, 1.165) is 0 Å². The van der Waals surface area contributed by atoms with Gasteiger partial charge in [-0.2, -0.15) is 0 Å². The molecule has 1 aromatic heterocycles. The monoisotopic (exact) mass is 307 g/mol. The molecule has 21 heavy (non-hydrogen) atoms. The molecule has 0 atom stereocenters. The molecule has 2 rings (SSSR count). The van der Waals surface area contributed by atoms with Gasteiger partial charge in [-0.3, -0.25) is 4.79 Å². The largest absolute Gasteiger partial charge is 0.370 e. The van der Waals surface area contributed by atoms with Crippen molar-refractivity contribution in [2.24, 2.45) is 0 Å². The van der Waals surface area contributed by atoms with Crippen LogP contribution in [0.5, 0.6) is 0 Å². The molecule has 4 nitrogen and oxygen atoms in total. The zero-order valence-electron chi connectivity index (χ0n) is 11.7. The molecule has 110 valence electrons. The highest BCUT2D eigenvalue weighted by Crippen LogP contribution is 2.20. The van der Waals surface area contributed by atoms with Crippen LogP contribution in [0.2, 0.25) is 5.15 Å². The van der Waals surface area contributed by atoms with E-state index in [0.29, 0.717) is 23.6 Å². The van der Waals surface area contributed by atoms with Crippen molar-refractivity contribution in [1.29, 1.82) is 0 Å². The lowest BCUT2D eigenvalue weighted by Gasteiger charge is -2.18. The lowest BCUT2D eigenvalue weighted by atomic mass is 10.2. The van der Waals surface area contributed by atoms with Gasteiger partial charge in [-0.1, -0.05) is 17.7 Å². The third-order valence-corrected chi connectivity index (χ3v) is 3.09. The summed E-state index contributed by atoms with van der Waals surface area (Å²) in [6.07, 6.45) is 0. The van der Waals surface area contributed by atoms with E-state index in [-0.39, 0.29) is 11.1 Å². The number of carbonyl (C=O) groups is 1. The quantitative estimate of drug-likeness (QED) is 0.878. The molecule has 0 bridgehead atoms. The van der Waals surface area contributed by atoms with Crippen LogP contribution in [-0.2, 0) is 0 Å². The molecule has 2 aromatic rings. The Morgan fingerprint density at radius 3 is 2.81 bits per heavy atom. The Morgan fingerprint density at radius 2 is 2.14 bits per heavy atom. The van der Waals surface area contributed by atoms with Crippen LogP contribution >= 0.6 is 11.6 Å². The predicted octanol–water partition coefficient (Wildman–Crippen LogP) is 3.58. The minimum Gasteiger partial charge on any atom is -0.370 e. The highest BCUT2D eigenvalue weighted by Gasteiger charge is 2.16. The zero-order chi connectivity index (χ0) is 15.4. The number of halogens is 2. The van der Waals surface area contributed by atoms with E-state index in [1.54, 1.807) is 25.2 Å². The molecule has 6 heteroatoms. The molecule has 0 unspecified atom stereocenters. The molecular formula is C15H15ClFN3O. The molecule has 0 aliphatic carbocycles. The van der Waals surface area contributed by atoms with Gasteiger partial charge in [-0.05, 0) is 37.3 Å². The molecule has 0 aliphatic rings. The summed E-state index contributed by atoms with van der Waals surface area (Å²) in [5.74, 6) is -0.154. The third-order valence-electron chi connectivity index (χ3n) is 2.90. The number of rotatable bonds is 4. The summed E-state index contributed by atoms with van der Waals surface area (Å²) in [6, 6.07) is 8.95. The Balaban J connectivity index is 2.31. The van der Waals surface area contributed by atoms with Crippen LogP contribution < -0.4 is 10.2 Å². The van der Waals surface area contributed by atoms with Gasteiger partial charge < -0.3 is 10.2 Å². The number of nitrogens with one attached hydrogen (secondary N) is 1. The summed E-state index contributed by atoms with van der Waals surface area (Å²) < 4.78 is 13.2. The van der Waals surface area contributed by atoms with Gasteiger partial charge in [0.05, 0.1) is 0 Å². The van der Waals surface area contributed by atoms with Gasteiger partial charge in [0.15, 0.2) is 0 Å². The fourth-order valence-corrected chi connectivity index (χ4v) is 2.10. The van der Waals surface area contributed by atoms with Crippen LogP contribution in [0.4, 0.5) is 15.9 Å². The molecule has 0 aliphatic heterocycles. The van der Waals surface area contributed by atoms with Crippen molar-refractivity contribution in [1.82, 2.24) is 4.98 Å². The van der Waals surface area contributed by atoms with E-state index < -0.39 is 5.82 Å². The smallest absolute Gasteiger partial charge is 0.258 e. The summed E-state index contributed by atoms with van der Waals surface area (Å²) in [4.78, 5) is 17.9. The van der Waals surface area contributed by atoms with Crippen molar-refractivity contribution < 1.29 is 9.18 Å². The van der Waals surface area contributed by atoms with Crippen LogP contribution in [0.25, 0.3) is 0 Å². The van der Waals surface area contributed by atoms with E-state index in [1.165, 1.54) is 23.1 Å². The van der Waals surface area contributed by atoms with Crippen molar-refractivity contribution >= 4 is 29.0 Å². The molecule has 0 spiro atoms. The van der Waals surface area contributed by atoms with Gasteiger partial charge in [-0.25, -0.2) is 9.37 Å². The van der Waals surface area contributed by atoms with Crippen LogP contribution in [0.1, 0.15) is 17.3 Å². The Labute approximate surface area is 127 Å². The summed E-state index contributed by atoms with van der Waals surface area (Å²) in [6.45, 7) is 2.59. The molecule has 0 radical (unpaired) electrons. The topological polar surface area (TPSA) is 45.2 Å². The van der Waals surface area contributed by atoms with E-state index in [1.807, 2.05) is 6.92 Å². The second-order valence-electron chi connectivity index (χ2n) is 4.44.